The summed E-state index contributed by atoms with van der Waals surface area (Å²) in [7, 11) is 0. The molecule has 1 aliphatic carbocycles. The average Bonchev–Trinajstić information content (AvgIpc) is 2.64. The summed E-state index contributed by atoms with van der Waals surface area (Å²) in [6.45, 7) is 3.43. The van der Waals surface area contributed by atoms with Crippen molar-refractivity contribution in [2.24, 2.45) is 5.92 Å². The Morgan fingerprint density at radius 1 is 1.11 bits per heavy atom. The first-order chi connectivity index (χ1) is 9.29. The van der Waals surface area contributed by atoms with Crippen LogP contribution in [0.15, 0.2) is 28.7 Å². The molecule has 2 atom stereocenters. The fourth-order valence-corrected chi connectivity index (χ4v) is 3.41. The van der Waals surface area contributed by atoms with E-state index < -0.39 is 0 Å². The standard InChI is InChI=1S/C17H26BrN/c1-2-12-19-17-7-5-3-4-6-15(17)13-14-8-10-16(18)11-9-14/h8-11,15,17,19H,2-7,12-13H2,1H3. The number of nitrogens with one attached hydrogen (secondary N) is 1. The molecule has 1 N–H and O–H groups in total. The molecule has 0 heterocycles. The molecule has 2 unspecified atom stereocenters. The normalized spacial score (nSPS) is 24.1. The molecule has 19 heavy (non-hydrogen) atoms. The molecule has 2 heteroatoms. The third-order valence-electron chi connectivity index (χ3n) is 4.23. The molecule has 1 saturated carbocycles. The Labute approximate surface area is 126 Å². The highest BCUT2D eigenvalue weighted by Crippen LogP contribution is 2.27. The van der Waals surface area contributed by atoms with Crippen molar-refractivity contribution in [3.05, 3.63) is 34.3 Å². The monoisotopic (exact) mass is 323 g/mol. The van der Waals surface area contributed by atoms with E-state index >= 15 is 0 Å². The summed E-state index contributed by atoms with van der Waals surface area (Å²) in [5.74, 6) is 0.815. The number of hydrogen-bond donors (Lipinski definition) is 1. The van der Waals surface area contributed by atoms with Gasteiger partial charge in [0.2, 0.25) is 0 Å². The predicted octanol–water partition coefficient (Wildman–Crippen LogP) is 4.94. The van der Waals surface area contributed by atoms with Crippen LogP contribution in [0.4, 0.5) is 0 Å². The average molecular weight is 324 g/mol. The second kappa shape index (κ2) is 8.06. The topological polar surface area (TPSA) is 12.0 Å². The van der Waals surface area contributed by atoms with E-state index in [0.717, 1.165) is 12.0 Å². The van der Waals surface area contributed by atoms with Crippen LogP contribution < -0.4 is 5.32 Å². The maximum Gasteiger partial charge on any atom is 0.0175 e. The summed E-state index contributed by atoms with van der Waals surface area (Å²) < 4.78 is 1.18. The molecule has 1 aromatic carbocycles. The van der Waals surface area contributed by atoms with Crippen LogP contribution in [0.1, 0.15) is 51.0 Å². The molecular formula is C17H26BrN. The van der Waals surface area contributed by atoms with Gasteiger partial charge in [0.15, 0.2) is 0 Å². The van der Waals surface area contributed by atoms with Gasteiger partial charge in [0.05, 0.1) is 0 Å². The van der Waals surface area contributed by atoms with Gasteiger partial charge in [-0.05, 0) is 55.8 Å². The van der Waals surface area contributed by atoms with Crippen molar-refractivity contribution in [2.45, 2.75) is 57.9 Å². The van der Waals surface area contributed by atoms with Gasteiger partial charge in [-0.1, -0.05) is 54.2 Å². The number of hydrogen-bond acceptors (Lipinski definition) is 1. The molecule has 1 aliphatic rings. The van der Waals surface area contributed by atoms with Crippen molar-refractivity contribution in [3.8, 4) is 0 Å². The third-order valence-corrected chi connectivity index (χ3v) is 4.76. The van der Waals surface area contributed by atoms with Gasteiger partial charge in [-0.15, -0.1) is 0 Å². The minimum atomic E-state index is 0.728. The largest absolute Gasteiger partial charge is 0.314 e. The van der Waals surface area contributed by atoms with Crippen molar-refractivity contribution in [1.29, 1.82) is 0 Å². The lowest BCUT2D eigenvalue weighted by Crippen LogP contribution is -2.37. The first kappa shape index (κ1) is 15.1. The van der Waals surface area contributed by atoms with Gasteiger partial charge in [0.25, 0.3) is 0 Å². The first-order valence-electron chi connectivity index (χ1n) is 7.77. The molecule has 0 saturated heterocycles. The van der Waals surface area contributed by atoms with E-state index in [1.54, 1.807) is 0 Å². The Morgan fingerprint density at radius 2 is 1.84 bits per heavy atom. The molecule has 0 radical (unpaired) electrons. The van der Waals surface area contributed by atoms with Gasteiger partial charge in [-0.2, -0.15) is 0 Å². The van der Waals surface area contributed by atoms with Crippen LogP contribution >= 0.6 is 15.9 Å². The molecule has 0 aliphatic heterocycles. The van der Waals surface area contributed by atoms with Crippen LogP contribution in [-0.4, -0.2) is 12.6 Å². The van der Waals surface area contributed by atoms with Crippen LogP contribution in [0.3, 0.4) is 0 Å². The van der Waals surface area contributed by atoms with E-state index in [1.165, 1.54) is 61.5 Å². The van der Waals surface area contributed by atoms with Crippen LogP contribution in [0.5, 0.6) is 0 Å². The van der Waals surface area contributed by atoms with E-state index in [-0.39, 0.29) is 0 Å². The van der Waals surface area contributed by atoms with Crippen LogP contribution in [0.25, 0.3) is 0 Å². The van der Waals surface area contributed by atoms with Gasteiger partial charge in [0.1, 0.15) is 0 Å². The maximum atomic E-state index is 3.78. The Bertz CT molecular complexity index is 360. The van der Waals surface area contributed by atoms with Crippen molar-refractivity contribution in [1.82, 2.24) is 5.32 Å². The number of benzene rings is 1. The lowest BCUT2D eigenvalue weighted by molar-refractivity contribution is 0.332. The molecule has 0 spiro atoms. The highest BCUT2D eigenvalue weighted by atomic mass is 79.9. The van der Waals surface area contributed by atoms with E-state index in [0.29, 0.717) is 0 Å². The summed E-state index contributed by atoms with van der Waals surface area (Å²) >= 11 is 3.52. The highest BCUT2D eigenvalue weighted by molar-refractivity contribution is 9.10. The summed E-state index contributed by atoms with van der Waals surface area (Å²) in [5.41, 5.74) is 1.48. The van der Waals surface area contributed by atoms with Crippen molar-refractivity contribution < 1.29 is 0 Å². The molecule has 0 aromatic heterocycles. The highest BCUT2D eigenvalue weighted by Gasteiger charge is 2.23. The number of halogens is 1. The molecule has 0 bridgehead atoms. The van der Waals surface area contributed by atoms with E-state index in [2.05, 4.69) is 52.4 Å². The Morgan fingerprint density at radius 3 is 2.58 bits per heavy atom. The minimum Gasteiger partial charge on any atom is -0.314 e. The fourth-order valence-electron chi connectivity index (χ4n) is 3.15. The lowest BCUT2D eigenvalue weighted by atomic mass is 9.88. The van der Waals surface area contributed by atoms with E-state index in [4.69, 9.17) is 0 Å². The minimum absolute atomic E-state index is 0.728. The molecule has 2 rings (SSSR count). The molecule has 1 aromatic rings. The van der Waals surface area contributed by atoms with Gasteiger partial charge in [-0.25, -0.2) is 0 Å². The lowest BCUT2D eigenvalue weighted by Gasteiger charge is -2.26. The zero-order valence-electron chi connectivity index (χ0n) is 12.0. The van der Waals surface area contributed by atoms with Gasteiger partial charge in [0, 0.05) is 10.5 Å². The summed E-state index contributed by atoms with van der Waals surface area (Å²) in [5, 5.41) is 3.78. The quantitative estimate of drug-likeness (QED) is 0.757. The van der Waals surface area contributed by atoms with Crippen LogP contribution in [-0.2, 0) is 6.42 Å². The molecule has 106 valence electrons. The zero-order chi connectivity index (χ0) is 13.5. The predicted molar refractivity (Wildman–Crippen MR) is 86.5 cm³/mol. The first-order valence-corrected chi connectivity index (χ1v) is 8.56. The summed E-state index contributed by atoms with van der Waals surface area (Å²) in [6.07, 6.45) is 9.44. The molecule has 1 nitrogen and oxygen atoms in total. The Kier molecular flexibility index (Phi) is 6.39. The SMILES string of the molecule is CCCNC1CCCCCC1Cc1ccc(Br)cc1. The van der Waals surface area contributed by atoms with Crippen molar-refractivity contribution >= 4 is 15.9 Å². The molecule has 1 fully saturated rings. The van der Waals surface area contributed by atoms with Crippen LogP contribution in [0.2, 0.25) is 0 Å². The van der Waals surface area contributed by atoms with Gasteiger partial charge >= 0.3 is 0 Å². The molecule has 0 amide bonds. The molecular weight excluding hydrogens is 298 g/mol. The van der Waals surface area contributed by atoms with E-state index in [9.17, 15) is 0 Å². The second-order valence-electron chi connectivity index (χ2n) is 5.79. The third kappa shape index (κ3) is 4.92. The maximum absolute atomic E-state index is 3.78. The van der Waals surface area contributed by atoms with Gasteiger partial charge in [-0.3, -0.25) is 0 Å². The van der Waals surface area contributed by atoms with Crippen molar-refractivity contribution in [3.63, 3.8) is 0 Å². The Hall–Kier alpha value is -0.340. The Balaban J connectivity index is 1.98. The number of rotatable bonds is 5. The van der Waals surface area contributed by atoms with Crippen LogP contribution in [0, 0.1) is 5.92 Å². The summed E-state index contributed by atoms with van der Waals surface area (Å²) in [4.78, 5) is 0. The second-order valence-corrected chi connectivity index (χ2v) is 6.70. The smallest absolute Gasteiger partial charge is 0.0175 e. The fraction of sp³-hybridized carbons (Fsp3) is 0.647. The summed E-state index contributed by atoms with van der Waals surface area (Å²) in [6, 6.07) is 9.60. The van der Waals surface area contributed by atoms with Gasteiger partial charge < -0.3 is 5.32 Å². The zero-order valence-corrected chi connectivity index (χ0v) is 13.6. The van der Waals surface area contributed by atoms with Crippen molar-refractivity contribution in [2.75, 3.05) is 6.54 Å². The van der Waals surface area contributed by atoms with E-state index in [1.807, 2.05) is 0 Å².